The van der Waals surface area contributed by atoms with E-state index < -0.39 is 0 Å². The number of hydrogen-bond donors (Lipinski definition) is 2. The van der Waals surface area contributed by atoms with Crippen molar-refractivity contribution in [3.8, 4) is 0 Å². The van der Waals surface area contributed by atoms with Crippen LogP contribution >= 0.6 is 0 Å². The molecule has 108 valence electrons. The maximum atomic E-state index is 11.5. The van der Waals surface area contributed by atoms with Gasteiger partial charge in [0.2, 0.25) is 0 Å². The van der Waals surface area contributed by atoms with Crippen LogP contribution in [0.15, 0.2) is 24.3 Å². The third-order valence-electron chi connectivity index (χ3n) is 4.61. The second-order valence-corrected chi connectivity index (χ2v) is 6.25. The van der Waals surface area contributed by atoms with Crippen molar-refractivity contribution in [1.82, 2.24) is 10.6 Å². The van der Waals surface area contributed by atoms with Gasteiger partial charge in [-0.2, -0.15) is 0 Å². The summed E-state index contributed by atoms with van der Waals surface area (Å²) in [6, 6.07) is 7.88. The third-order valence-corrected chi connectivity index (χ3v) is 4.61. The quantitative estimate of drug-likeness (QED) is 0.801. The van der Waals surface area contributed by atoms with Gasteiger partial charge in [0.15, 0.2) is 0 Å². The molecule has 3 heteroatoms. The highest BCUT2D eigenvalue weighted by Crippen LogP contribution is 2.48. The molecule has 1 amide bonds. The lowest BCUT2D eigenvalue weighted by Gasteiger charge is -2.16. The molecule has 3 nitrogen and oxygen atoms in total. The van der Waals surface area contributed by atoms with Gasteiger partial charge in [0.1, 0.15) is 0 Å². The lowest BCUT2D eigenvalue weighted by atomic mass is 9.98. The molecule has 0 spiro atoms. The van der Waals surface area contributed by atoms with E-state index in [0.717, 1.165) is 36.4 Å². The lowest BCUT2D eigenvalue weighted by Crippen LogP contribution is -2.25. The second-order valence-electron chi connectivity index (χ2n) is 6.25. The second kappa shape index (κ2) is 5.96. The van der Waals surface area contributed by atoms with Crippen LogP contribution in [-0.2, 0) is 6.54 Å². The van der Waals surface area contributed by atoms with Crippen molar-refractivity contribution in [3.63, 3.8) is 0 Å². The average Bonchev–Trinajstić information content (AvgIpc) is 3.37. The van der Waals surface area contributed by atoms with Crippen molar-refractivity contribution in [3.05, 3.63) is 35.4 Å². The molecule has 3 rings (SSSR count). The largest absolute Gasteiger partial charge is 0.355 e. The highest BCUT2D eigenvalue weighted by atomic mass is 16.1. The van der Waals surface area contributed by atoms with Crippen LogP contribution in [0.25, 0.3) is 0 Å². The first-order valence-corrected chi connectivity index (χ1v) is 7.79. The van der Waals surface area contributed by atoms with Crippen LogP contribution in [0.1, 0.15) is 41.6 Å². The normalized spacial score (nSPS) is 18.3. The fourth-order valence-electron chi connectivity index (χ4n) is 3.07. The molecule has 0 heterocycles. The van der Waals surface area contributed by atoms with Crippen LogP contribution in [-0.4, -0.2) is 19.5 Å². The predicted molar refractivity (Wildman–Crippen MR) is 80.5 cm³/mol. The SMILES string of the molecule is CNC(=O)c1ccc(CNCC(C2CC2)C2CC2)cc1. The summed E-state index contributed by atoms with van der Waals surface area (Å²) in [6.07, 6.45) is 5.79. The Morgan fingerprint density at radius 1 is 1.15 bits per heavy atom. The monoisotopic (exact) mass is 272 g/mol. The average molecular weight is 272 g/mol. The van der Waals surface area contributed by atoms with Crippen molar-refractivity contribution in [2.75, 3.05) is 13.6 Å². The number of amides is 1. The summed E-state index contributed by atoms with van der Waals surface area (Å²) in [7, 11) is 1.66. The number of carbonyl (C=O) groups is 1. The zero-order valence-electron chi connectivity index (χ0n) is 12.2. The Labute approximate surface area is 121 Å². The first-order chi connectivity index (χ1) is 9.78. The summed E-state index contributed by atoms with van der Waals surface area (Å²) < 4.78 is 0. The van der Waals surface area contributed by atoms with Gasteiger partial charge in [0.25, 0.3) is 5.91 Å². The summed E-state index contributed by atoms with van der Waals surface area (Å²) in [5, 5.41) is 6.25. The summed E-state index contributed by atoms with van der Waals surface area (Å²) in [5.41, 5.74) is 1.98. The van der Waals surface area contributed by atoms with Crippen molar-refractivity contribution in [2.45, 2.75) is 32.2 Å². The molecular formula is C17H24N2O. The Balaban J connectivity index is 1.46. The molecule has 0 bridgehead atoms. The minimum atomic E-state index is -0.0213. The third kappa shape index (κ3) is 3.40. The van der Waals surface area contributed by atoms with Crippen molar-refractivity contribution >= 4 is 5.91 Å². The molecule has 1 aromatic carbocycles. The minimum Gasteiger partial charge on any atom is -0.355 e. The highest BCUT2D eigenvalue weighted by Gasteiger charge is 2.40. The Morgan fingerprint density at radius 2 is 1.75 bits per heavy atom. The van der Waals surface area contributed by atoms with Crippen LogP contribution in [0, 0.1) is 17.8 Å². The van der Waals surface area contributed by atoms with E-state index in [4.69, 9.17) is 0 Å². The molecule has 2 fully saturated rings. The number of hydrogen-bond acceptors (Lipinski definition) is 2. The van der Waals surface area contributed by atoms with E-state index in [1.807, 2.05) is 24.3 Å². The predicted octanol–water partition coefficient (Wildman–Crippen LogP) is 2.57. The van der Waals surface area contributed by atoms with Crippen LogP contribution in [0.5, 0.6) is 0 Å². The molecule has 0 aromatic heterocycles. The maximum absolute atomic E-state index is 11.5. The molecule has 0 unspecified atom stereocenters. The van der Waals surface area contributed by atoms with E-state index in [9.17, 15) is 4.79 Å². The first kappa shape index (κ1) is 13.6. The number of benzene rings is 1. The molecule has 0 atom stereocenters. The van der Waals surface area contributed by atoms with E-state index in [0.29, 0.717) is 0 Å². The van der Waals surface area contributed by atoms with Gasteiger partial charge < -0.3 is 10.6 Å². The fraction of sp³-hybridized carbons (Fsp3) is 0.588. The van der Waals surface area contributed by atoms with Crippen molar-refractivity contribution in [1.29, 1.82) is 0 Å². The van der Waals surface area contributed by atoms with E-state index in [1.165, 1.54) is 31.2 Å². The summed E-state index contributed by atoms with van der Waals surface area (Å²) in [4.78, 5) is 11.5. The van der Waals surface area contributed by atoms with Crippen LogP contribution in [0.4, 0.5) is 0 Å². The number of nitrogens with one attached hydrogen (secondary N) is 2. The Morgan fingerprint density at radius 3 is 2.25 bits per heavy atom. The molecule has 0 radical (unpaired) electrons. The molecule has 2 N–H and O–H groups in total. The van der Waals surface area contributed by atoms with E-state index in [-0.39, 0.29) is 5.91 Å². The fourth-order valence-corrected chi connectivity index (χ4v) is 3.07. The maximum Gasteiger partial charge on any atom is 0.251 e. The van der Waals surface area contributed by atoms with Crippen LogP contribution in [0.3, 0.4) is 0 Å². The van der Waals surface area contributed by atoms with Gasteiger partial charge in [-0.1, -0.05) is 12.1 Å². The zero-order valence-corrected chi connectivity index (χ0v) is 12.2. The number of rotatable bonds is 7. The molecule has 0 aliphatic heterocycles. The van der Waals surface area contributed by atoms with Gasteiger partial charge in [0, 0.05) is 19.2 Å². The van der Waals surface area contributed by atoms with E-state index in [2.05, 4.69) is 10.6 Å². The van der Waals surface area contributed by atoms with Crippen LogP contribution < -0.4 is 10.6 Å². The summed E-state index contributed by atoms with van der Waals surface area (Å²) >= 11 is 0. The van der Waals surface area contributed by atoms with E-state index >= 15 is 0 Å². The molecule has 1 aromatic rings. The Kier molecular flexibility index (Phi) is 4.06. The van der Waals surface area contributed by atoms with Gasteiger partial charge in [-0.25, -0.2) is 0 Å². The van der Waals surface area contributed by atoms with Gasteiger partial charge in [-0.05, 0) is 67.7 Å². The van der Waals surface area contributed by atoms with Gasteiger partial charge in [-0.15, -0.1) is 0 Å². The molecule has 20 heavy (non-hydrogen) atoms. The highest BCUT2D eigenvalue weighted by molar-refractivity contribution is 5.93. The van der Waals surface area contributed by atoms with E-state index in [1.54, 1.807) is 7.05 Å². The zero-order chi connectivity index (χ0) is 13.9. The Bertz CT molecular complexity index is 448. The van der Waals surface area contributed by atoms with Crippen molar-refractivity contribution < 1.29 is 4.79 Å². The van der Waals surface area contributed by atoms with Gasteiger partial charge >= 0.3 is 0 Å². The summed E-state index contributed by atoms with van der Waals surface area (Å²) in [6.45, 7) is 2.07. The topological polar surface area (TPSA) is 41.1 Å². The van der Waals surface area contributed by atoms with Gasteiger partial charge in [-0.3, -0.25) is 4.79 Å². The molecule has 2 aliphatic carbocycles. The Hall–Kier alpha value is -1.35. The smallest absolute Gasteiger partial charge is 0.251 e. The first-order valence-electron chi connectivity index (χ1n) is 7.79. The van der Waals surface area contributed by atoms with Crippen molar-refractivity contribution in [2.24, 2.45) is 17.8 Å². The van der Waals surface area contributed by atoms with Crippen LogP contribution in [0.2, 0.25) is 0 Å². The molecule has 2 aliphatic rings. The minimum absolute atomic E-state index is 0.0213. The van der Waals surface area contributed by atoms with Gasteiger partial charge in [0.05, 0.1) is 0 Å². The molecule has 2 saturated carbocycles. The number of carbonyl (C=O) groups excluding carboxylic acids is 1. The lowest BCUT2D eigenvalue weighted by molar-refractivity contribution is 0.0963. The molecule has 0 saturated heterocycles. The standard InChI is InChI=1S/C17H24N2O/c1-18-17(20)15-4-2-12(3-5-15)10-19-11-16(13-6-7-13)14-8-9-14/h2-5,13-14,16,19H,6-11H2,1H3,(H,18,20). The summed E-state index contributed by atoms with van der Waals surface area (Å²) in [5.74, 6) is 2.91. The molecular weight excluding hydrogens is 248 g/mol.